The van der Waals surface area contributed by atoms with E-state index in [-0.39, 0.29) is 0 Å². The largest absolute Gasteiger partial charge is 0.493 e. The standard InChI is InChI=1S/C12H17N3O2/c1-15(2)9-14-13-8-10-5-6-11(16-3)12(7-10)17-4/h5-9H,1-4H3. The summed E-state index contributed by atoms with van der Waals surface area (Å²) in [6.45, 7) is 0. The van der Waals surface area contributed by atoms with Crippen LogP contribution in [0, 0.1) is 0 Å². The van der Waals surface area contributed by atoms with Gasteiger partial charge in [-0.1, -0.05) is 0 Å². The van der Waals surface area contributed by atoms with Gasteiger partial charge in [-0.15, -0.1) is 5.10 Å². The predicted molar refractivity (Wildman–Crippen MR) is 69.3 cm³/mol. The van der Waals surface area contributed by atoms with E-state index in [0.29, 0.717) is 11.5 Å². The van der Waals surface area contributed by atoms with Crippen molar-refractivity contribution >= 4 is 12.6 Å². The van der Waals surface area contributed by atoms with Gasteiger partial charge in [0, 0.05) is 14.1 Å². The predicted octanol–water partition coefficient (Wildman–Crippen LogP) is 1.63. The maximum Gasteiger partial charge on any atom is 0.161 e. The monoisotopic (exact) mass is 235 g/mol. The van der Waals surface area contributed by atoms with E-state index in [4.69, 9.17) is 9.47 Å². The van der Waals surface area contributed by atoms with Gasteiger partial charge in [0.25, 0.3) is 0 Å². The molecule has 0 N–H and O–H groups in total. The number of benzene rings is 1. The van der Waals surface area contributed by atoms with Gasteiger partial charge in [0.2, 0.25) is 0 Å². The van der Waals surface area contributed by atoms with Gasteiger partial charge in [0.05, 0.1) is 20.4 Å². The lowest BCUT2D eigenvalue weighted by molar-refractivity contribution is 0.355. The van der Waals surface area contributed by atoms with E-state index < -0.39 is 0 Å². The minimum Gasteiger partial charge on any atom is -0.493 e. The minimum absolute atomic E-state index is 0.674. The van der Waals surface area contributed by atoms with Crippen LogP contribution in [-0.2, 0) is 0 Å². The van der Waals surface area contributed by atoms with Crippen molar-refractivity contribution in [1.82, 2.24) is 4.90 Å². The Labute approximate surface area is 101 Å². The molecule has 0 heterocycles. The Balaban J connectivity index is 2.79. The SMILES string of the molecule is COc1ccc(C=NN=CN(C)C)cc1OC. The molecule has 0 aliphatic carbocycles. The van der Waals surface area contributed by atoms with E-state index in [1.54, 1.807) is 26.8 Å². The van der Waals surface area contributed by atoms with Crippen molar-refractivity contribution in [1.29, 1.82) is 0 Å². The van der Waals surface area contributed by atoms with E-state index in [9.17, 15) is 0 Å². The van der Waals surface area contributed by atoms with Crippen molar-refractivity contribution < 1.29 is 9.47 Å². The van der Waals surface area contributed by atoms with Gasteiger partial charge in [0.1, 0.15) is 6.34 Å². The zero-order valence-corrected chi connectivity index (χ0v) is 10.5. The van der Waals surface area contributed by atoms with Crippen LogP contribution in [0.4, 0.5) is 0 Å². The first-order valence-corrected chi connectivity index (χ1v) is 5.12. The smallest absolute Gasteiger partial charge is 0.161 e. The molecule has 1 rings (SSSR count). The number of methoxy groups -OCH3 is 2. The Morgan fingerprint density at radius 2 is 1.76 bits per heavy atom. The fraction of sp³-hybridized carbons (Fsp3) is 0.333. The van der Waals surface area contributed by atoms with Gasteiger partial charge in [-0.05, 0) is 23.8 Å². The van der Waals surface area contributed by atoms with Gasteiger partial charge < -0.3 is 14.4 Å². The number of nitrogens with zero attached hydrogens (tertiary/aromatic N) is 3. The van der Waals surface area contributed by atoms with Crippen molar-refractivity contribution in [3.8, 4) is 11.5 Å². The molecule has 1 aromatic rings. The van der Waals surface area contributed by atoms with Crippen molar-refractivity contribution in [2.75, 3.05) is 28.3 Å². The van der Waals surface area contributed by atoms with Crippen molar-refractivity contribution in [2.45, 2.75) is 0 Å². The third kappa shape index (κ3) is 4.14. The van der Waals surface area contributed by atoms with Gasteiger partial charge in [-0.3, -0.25) is 0 Å². The second kappa shape index (κ2) is 6.52. The van der Waals surface area contributed by atoms with E-state index in [0.717, 1.165) is 5.56 Å². The summed E-state index contributed by atoms with van der Waals surface area (Å²) in [5.74, 6) is 1.37. The summed E-state index contributed by atoms with van der Waals surface area (Å²) < 4.78 is 10.3. The van der Waals surface area contributed by atoms with Crippen LogP contribution in [0.5, 0.6) is 11.5 Å². The molecule has 0 atom stereocenters. The summed E-state index contributed by atoms with van der Waals surface area (Å²) in [4.78, 5) is 1.81. The highest BCUT2D eigenvalue weighted by Gasteiger charge is 2.02. The van der Waals surface area contributed by atoms with Gasteiger partial charge in [-0.25, -0.2) is 0 Å². The van der Waals surface area contributed by atoms with Gasteiger partial charge in [0.15, 0.2) is 11.5 Å². The third-order valence-corrected chi connectivity index (χ3v) is 1.96. The number of hydrogen-bond acceptors (Lipinski definition) is 4. The molecule has 0 aliphatic rings. The summed E-state index contributed by atoms with van der Waals surface area (Å²) >= 11 is 0. The lowest BCUT2D eigenvalue weighted by atomic mass is 10.2. The normalized spacial score (nSPS) is 11.1. The van der Waals surface area contributed by atoms with E-state index in [1.807, 2.05) is 37.2 Å². The first-order chi connectivity index (χ1) is 8.17. The third-order valence-electron chi connectivity index (χ3n) is 1.96. The topological polar surface area (TPSA) is 46.4 Å². The minimum atomic E-state index is 0.674. The van der Waals surface area contributed by atoms with E-state index in [2.05, 4.69) is 10.2 Å². The Morgan fingerprint density at radius 1 is 1.06 bits per heavy atom. The molecule has 17 heavy (non-hydrogen) atoms. The molecule has 0 spiro atoms. The highest BCUT2D eigenvalue weighted by Crippen LogP contribution is 2.26. The summed E-state index contributed by atoms with van der Waals surface area (Å²) in [6.07, 6.45) is 3.28. The zero-order chi connectivity index (χ0) is 12.7. The Hall–Kier alpha value is -2.04. The van der Waals surface area contributed by atoms with Crippen LogP contribution in [0.2, 0.25) is 0 Å². The Morgan fingerprint density at radius 3 is 2.35 bits per heavy atom. The molecule has 0 amide bonds. The molecule has 0 saturated heterocycles. The molecule has 0 aliphatic heterocycles. The summed E-state index contributed by atoms with van der Waals surface area (Å²) in [7, 11) is 6.97. The Bertz CT molecular complexity index is 414. The molecular formula is C12H17N3O2. The second-order valence-electron chi connectivity index (χ2n) is 3.55. The van der Waals surface area contributed by atoms with Crippen molar-refractivity contribution in [2.24, 2.45) is 10.2 Å². The van der Waals surface area contributed by atoms with Crippen molar-refractivity contribution in [3.63, 3.8) is 0 Å². The molecule has 0 fully saturated rings. The van der Waals surface area contributed by atoms with Crippen LogP contribution < -0.4 is 9.47 Å². The number of ether oxygens (including phenoxy) is 2. The average molecular weight is 235 g/mol. The lowest BCUT2D eigenvalue weighted by Gasteiger charge is -2.07. The van der Waals surface area contributed by atoms with Crippen LogP contribution in [-0.4, -0.2) is 45.8 Å². The number of rotatable bonds is 5. The molecule has 0 saturated carbocycles. The van der Waals surface area contributed by atoms with Gasteiger partial charge in [-0.2, -0.15) is 5.10 Å². The average Bonchev–Trinajstić information content (AvgIpc) is 2.34. The van der Waals surface area contributed by atoms with Gasteiger partial charge >= 0.3 is 0 Å². The van der Waals surface area contributed by atoms with E-state index in [1.165, 1.54) is 0 Å². The number of hydrogen-bond donors (Lipinski definition) is 0. The first kappa shape index (κ1) is 13.0. The van der Waals surface area contributed by atoms with Crippen LogP contribution in [0.3, 0.4) is 0 Å². The summed E-state index contributed by atoms with van der Waals surface area (Å²) in [6, 6.07) is 5.55. The zero-order valence-electron chi connectivity index (χ0n) is 10.5. The molecule has 0 unspecified atom stereocenters. The maximum atomic E-state index is 5.19. The summed E-state index contributed by atoms with van der Waals surface area (Å²) in [5, 5.41) is 7.78. The van der Waals surface area contributed by atoms with Crippen LogP contribution >= 0.6 is 0 Å². The van der Waals surface area contributed by atoms with Crippen LogP contribution in [0.25, 0.3) is 0 Å². The molecule has 92 valence electrons. The second-order valence-corrected chi connectivity index (χ2v) is 3.55. The van der Waals surface area contributed by atoms with Crippen LogP contribution in [0.15, 0.2) is 28.4 Å². The molecule has 1 aromatic carbocycles. The fourth-order valence-corrected chi connectivity index (χ4v) is 1.17. The molecule has 0 bridgehead atoms. The molecule has 0 radical (unpaired) electrons. The highest BCUT2D eigenvalue weighted by molar-refractivity contribution is 5.81. The molecule has 5 nitrogen and oxygen atoms in total. The highest BCUT2D eigenvalue weighted by atomic mass is 16.5. The maximum absolute atomic E-state index is 5.19. The lowest BCUT2D eigenvalue weighted by Crippen LogP contribution is -2.06. The van der Waals surface area contributed by atoms with E-state index >= 15 is 0 Å². The quantitative estimate of drug-likeness (QED) is 0.442. The first-order valence-electron chi connectivity index (χ1n) is 5.12. The summed E-state index contributed by atoms with van der Waals surface area (Å²) in [5.41, 5.74) is 0.901. The Kier molecular flexibility index (Phi) is 5.00. The fourth-order valence-electron chi connectivity index (χ4n) is 1.17. The molecular weight excluding hydrogens is 218 g/mol. The molecule has 5 heteroatoms. The van der Waals surface area contributed by atoms with Crippen LogP contribution in [0.1, 0.15) is 5.56 Å². The van der Waals surface area contributed by atoms with Crippen molar-refractivity contribution in [3.05, 3.63) is 23.8 Å². The molecule has 0 aromatic heterocycles.